The summed E-state index contributed by atoms with van der Waals surface area (Å²) in [5.74, 6) is -0.392. The Labute approximate surface area is 135 Å². The van der Waals surface area contributed by atoms with E-state index < -0.39 is 5.82 Å². The van der Waals surface area contributed by atoms with Gasteiger partial charge >= 0.3 is 0 Å². The summed E-state index contributed by atoms with van der Waals surface area (Å²) in [4.78, 5) is 0. The number of rotatable bonds is 6. The van der Waals surface area contributed by atoms with Crippen molar-refractivity contribution >= 4 is 23.2 Å². The van der Waals surface area contributed by atoms with Crippen LogP contribution in [-0.4, -0.2) is 6.54 Å². The van der Waals surface area contributed by atoms with E-state index in [9.17, 15) is 4.39 Å². The average Bonchev–Trinajstić information content (AvgIpc) is 2.48. The molecule has 2 aromatic carbocycles. The van der Waals surface area contributed by atoms with Crippen LogP contribution in [-0.2, 0) is 6.42 Å². The zero-order valence-corrected chi connectivity index (χ0v) is 13.4. The zero-order chi connectivity index (χ0) is 15.2. The van der Waals surface area contributed by atoms with Crippen molar-refractivity contribution in [1.82, 2.24) is 5.32 Å². The monoisotopic (exact) mass is 325 g/mol. The molecule has 21 heavy (non-hydrogen) atoms. The highest BCUT2D eigenvalue weighted by Crippen LogP contribution is 2.26. The molecule has 4 heteroatoms. The van der Waals surface area contributed by atoms with Gasteiger partial charge < -0.3 is 5.32 Å². The lowest BCUT2D eigenvalue weighted by atomic mass is 9.98. The molecule has 1 nitrogen and oxygen atoms in total. The van der Waals surface area contributed by atoms with Gasteiger partial charge in [0.25, 0.3) is 0 Å². The summed E-state index contributed by atoms with van der Waals surface area (Å²) in [5, 5.41) is 4.32. The molecule has 0 spiro atoms. The number of nitrogens with one attached hydrogen (secondary N) is 1. The molecule has 0 bridgehead atoms. The first kappa shape index (κ1) is 16.3. The predicted octanol–water partition coefficient (Wildman–Crippen LogP) is 5.42. The molecular weight excluding hydrogens is 308 g/mol. The third-order valence-corrected chi connectivity index (χ3v) is 4.04. The molecule has 0 radical (unpaired) electrons. The van der Waals surface area contributed by atoms with Gasteiger partial charge in [-0.3, -0.25) is 0 Å². The standard InChI is InChI=1S/C17H18Cl2FN/c1-2-9-21-17(11-12-5-3-4-6-14(12)18)13-7-8-15(19)16(20)10-13/h3-8,10,17,21H,2,9,11H2,1H3. The molecular formula is C17H18Cl2FN. The van der Waals surface area contributed by atoms with Gasteiger partial charge in [-0.05, 0) is 48.7 Å². The van der Waals surface area contributed by atoms with Gasteiger partial charge in [-0.1, -0.05) is 54.4 Å². The summed E-state index contributed by atoms with van der Waals surface area (Å²) >= 11 is 12.0. The first-order valence-corrected chi connectivity index (χ1v) is 7.79. The van der Waals surface area contributed by atoms with E-state index in [1.807, 2.05) is 30.3 Å². The molecule has 0 heterocycles. The lowest BCUT2D eigenvalue weighted by molar-refractivity contribution is 0.524. The lowest BCUT2D eigenvalue weighted by Crippen LogP contribution is -2.24. The Kier molecular flexibility index (Phi) is 6.04. The summed E-state index contributed by atoms with van der Waals surface area (Å²) in [6.07, 6.45) is 1.72. The molecule has 1 atom stereocenters. The third-order valence-electron chi connectivity index (χ3n) is 3.37. The smallest absolute Gasteiger partial charge is 0.142 e. The average molecular weight is 326 g/mol. The van der Waals surface area contributed by atoms with Gasteiger partial charge in [0, 0.05) is 11.1 Å². The van der Waals surface area contributed by atoms with Crippen LogP contribution in [0.3, 0.4) is 0 Å². The maximum absolute atomic E-state index is 13.7. The minimum absolute atomic E-state index is 0.0108. The Morgan fingerprint density at radius 3 is 2.52 bits per heavy atom. The van der Waals surface area contributed by atoms with Crippen LogP contribution in [0.15, 0.2) is 42.5 Å². The Hall–Kier alpha value is -1.09. The Morgan fingerprint density at radius 2 is 1.86 bits per heavy atom. The van der Waals surface area contributed by atoms with Crippen molar-refractivity contribution in [2.45, 2.75) is 25.8 Å². The number of benzene rings is 2. The maximum Gasteiger partial charge on any atom is 0.142 e. The second-order valence-corrected chi connectivity index (χ2v) is 5.79. The van der Waals surface area contributed by atoms with Crippen molar-refractivity contribution in [3.05, 3.63) is 69.5 Å². The van der Waals surface area contributed by atoms with Gasteiger partial charge in [0.2, 0.25) is 0 Å². The lowest BCUT2D eigenvalue weighted by Gasteiger charge is -2.20. The molecule has 2 rings (SSSR count). The van der Waals surface area contributed by atoms with Crippen molar-refractivity contribution < 1.29 is 4.39 Å². The first-order chi connectivity index (χ1) is 10.1. The van der Waals surface area contributed by atoms with Gasteiger partial charge in [0.15, 0.2) is 0 Å². The van der Waals surface area contributed by atoms with E-state index in [4.69, 9.17) is 23.2 Å². The molecule has 1 N–H and O–H groups in total. The van der Waals surface area contributed by atoms with Crippen LogP contribution in [0, 0.1) is 5.82 Å². The van der Waals surface area contributed by atoms with Crippen LogP contribution < -0.4 is 5.32 Å². The fourth-order valence-electron chi connectivity index (χ4n) is 2.24. The summed E-state index contributed by atoms with van der Waals surface area (Å²) in [6.45, 7) is 2.96. The van der Waals surface area contributed by atoms with Crippen molar-refractivity contribution in [2.75, 3.05) is 6.54 Å². The van der Waals surface area contributed by atoms with Gasteiger partial charge in [-0.15, -0.1) is 0 Å². The number of halogens is 3. The predicted molar refractivity (Wildman–Crippen MR) is 87.6 cm³/mol. The molecule has 0 amide bonds. The quantitative estimate of drug-likeness (QED) is 0.748. The summed E-state index contributed by atoms with van der Waals surface area (Å²) in [6, 6.07) is 12.7. The van der Waals surface area contributed by atoms with Crippen LogP contribution in [0.4, 0.5) is 4.39 Å². The summed E-state index contributed by atoms with van der Waals surface area (Å²) < 4.78 is 13.7. The van der Waals surface area contributed by atoms with Crippen LogP contribution in [0.2, 0.25) is 10.0 Å². The van der Waals surface area contributed by atoms with Crippen LogP contribution >= 0.6 is 23.2 Å². The fraction of sp³-hybridized carbons (Fsp3) is 0.294. The van der Waals surface area contributed by atoms with Crippen molar-refractivity contribution in [3.8, 4) is 0 Å². The SMILES string of the molecule is CCCNC(Cc1ccccc1Cl)c1ccc(Cl)c(F)c1. The van der Waals surface area contributed by atoms with Crippen LogP contribution in [0.25, 0.3) is 0 Å². The highest BCUT2D eigenvalue weighted by atomic mass is 35.5. The minimum atomic E-state index is -0.392. The summed E-state index contributed by atoms with van der Waals surface area (Å²) in [5.41, 5.74) is 1.92. The topological polar surface area (TPSA) is 12.0 Å². The van der Waals surface area contributed by atoms with Gasteiger partial charge in [-0.25, -0.2) is 4.39 Å². The van der Waals surface area contributed by atoms with E-state index in [1.54, 1.807) is 6.07 Å². The molecule has 0 fully saturated rings. The van der Waals surface area contributed by atoms with E-state index in [0.29, 0.717) is 6.42 Å². The Bertz CT molecular complexity index is 601. The largest absolute Gasteiger partial charge is 0.310 e. The highest BCUT2D eigenvalue weighted by Gasteiger charge is 2.15. The molecule has 0 saturated heterocycles. The molecule has 0 aliphatic carbocycles. The van der Waals surface area contributed by atoms with Crippen molar-refractivity contribution in [2.24, 2.45) is 0 Å². The van der Waals surface area contributed by atoms with Crippen molar-refractivity contribution in [3.63, 3.8) is 0 Å². The maximum atomic E-state index is 13.7. The van der Waals surface area contributed by atoms with E-state index in [1.165, 1.54) is 6.07 Å². The number of hydrogen-bond donors (Lipinski definition) is 1. The minimum Gasteiger partial charge on any atom is -0.310 e. The molecule has 0 aromatic heterocycles. The van der Waals surface area contributed by atoms with Crippen molar-refractivity contribution in [1.29, 1.82) is 0 Å². The molecule has 0 aliphatic heterocycles. The molecule has 0 aliphatic rings. The normalized spacial score (nSPS) is 12.4. The second kappa shape index (κ2) is 7.79. The molecule has 1 unspecified atom stereocenters. The van der Waals surface area contributed by atoms with Gasteiger partial charge in [0.1, 0.15) is 5.82 Å². The van der Waals surface area contributed by atoms with E-state index in [2.05, 4.69) is 12.2 Å². The van der Waals surface area contributed by atoms with Crippen LogP contribution in [0.1, 0.15) is 30.5 Å². The molecule has 112 valence electrons. The van der Waals surface area contributed by atoms with E-state index in [-0.39, 0.29) is 11.1 Å². The Morgan fingerprint density at radius 1 is 1.10 bits per heavy atom. The fourth-order valence-corrected chi connectivity index (χ4v) is 2.57. The molecule has 0 saturated carbocycles. The Balaban J connectivity index is 2.25. The third kappa shape index (κ3) is 4.44. The van der Waals surface area contributed by atoms with Gasteiger partial charge in [-0.2, -0.15) is 0 Å². The second-order valence-electron chi connectivity index (χ2n) is 4.98. The highest BCUT2D eigenvalue weighted by molar-refractivity contribution is 6.31. The molecule has 2 aromatic rings. The van der Waals surface area contributed by atoms with E-state index in [0.717, 1.165) is 29.1 Å². The van der Waals surface area contributed by atoms with Gasteiger partial charge in [0.05, 0.1) is 5.02 Å². The first-order valence-electron chi connectivity index (χ1n) is 7.03. The summed E-state index contributed by atoms with van der Waals surface area (Å²) in [7, 11) is 0. The zero-order valence-electron chi connectivity index (χ0n) is 11.9. The van der Waals surface area contributed by atoms with Crippen LogP contribution in [0.5, 0.6) is 0 Å². The van der Waals surface area contributed by atoms with E-state index >= 15 is 0 Å². The number of hydrogen-bond acceptors (Lipinski definition) is 1.